The monoisotopic (exact) mass is 447 g/mol. The zero-order valence-corrected chi connectivity index (χ0v) is 19.8. The summed E-state index contributed by atoms with van der Waals surface area (Å²) < 4.78 is 0. The molecule has 0 aromatic heterocycles. The summed E-state index contributed by atoms with van der Waals surface area (Å²) in [6, 6.07) is 19.8. The van der Waals surface area contributed by atoms with Gasteiger partial charge < -0.3 is 10.2 Å². The summed E-state index contributed by atoms with van der Waals surface area (Å²) in [6.45, 7) is 5.40. The summed E-state index contributed by atoms with van der Waals surface area (Å²) in [5.41, 5.74) is 2.15. The Morgan fingerprint density at radius 1 is 0.788 bits per heavy atom. The summed E-state index contributed by atoms with van der Waals surface area (Å²) in [7, 11) is 0. The molecule has 2 amide bonds. The molecule has 176 valence electrons. The highest BCUT2D eigenvalue weighted by molar-refractivity contribution is 5.82. The molecular weight excluding hydrogens is 410 g/mol. The van der Waals surface area contributed by atoms with Crippen LogP contribution in [-0.2, 0) is 9.59 Å². The van der Waals surface area contributed by atoms with Crippen molar-refractivity contribution in [3.05, 3.63) is 71.8 Å². The van der Waals surface area contributed by atoms with Gasteiger partial charge in [0.15, 0.2) is 0 Å². The number of hydrogen-bond donors (Lipinski definition) is 1. The summed E-state index contributed by atoms with van der Waals surface area (Å²) in [5.74, 6) is 0.475. The van der Waals surface area contributed by atoms with Crippen molar-refractivity contribution in [2.24, 2.45) is 5.92 Å². The van der Waals surface area contributed by atoms with Gasteiger partial charge in [-0.3, -0.25) is 14.5 Å². The first-order valence-electron chi connectivity index (χ1n) is 12.6. The van der Waals surface area contributed by atoms with Gasteiger partial charge in [0.1, 0.15) is 0 Å². The van der Waals surface area contributed by atoms with Crippen LogP contribution in [0.1, 0.15) is 62.6 Å². The lowest BCUT2D eigenvalue weighted by Gasteiger charge is -2.37. The summed E-state index contributed by atoms with van der Waals surface area (Å²) in [6.07, 6.45) is 6.42. The van der Waals surface area contributed by atoms with Gasteiger partial charge in [-0.25, -0.2) is 0 Å². The molecular formula is C28H37N3O2. The molecule has 0 spiro atoms. The summed E-state index contributed by atoms with van der Waals surface area (Å²) >= 11 is 0. The van der Waals surface area contributed by atoms with Crippen LogP contribution in [0.5, 0.6) is 0 Å². The number of benzene rings is 2. The molecule has 2 aromatic rings. The lowest BCUT2D eigenvalue weighted by Crippen LogP contribution is -2.50. The number of carbonyl (C=O) groups excluding carboxylic acids is 2. The van der Waals surface area contributed by atoms with Crippen molar-refractivity contribution < 1.29 is 9.59 Å². The van der Waals surface area contributed by atoms with Crippen LogP contribution in [0.4, 0.5) is 0 Å². The van der Waals surface area contributed by atoms with Crippen LogP contribution in [0.2, 0.25) is 0 Å². The third kappa shape index (κ3) is 6.02. The molecule has 0 aliphatic carbocycles. The second-order valence-electron chi connectivity index (χ2n) is 9.49. The van der Waals surface area contributed by atoms with Gasteiger partial charge in [0.25, 0.3) is 0 Å². The van der Waals surface area contributed by atoms with E-state index in [9.17, 15) is 9.59 Å². The van der Waals surface area contributed by atoms with E-state index in [4.69, 9.17) is 0 Å². The van der Waals surface area contributed by atoms with Crippen molar-refractivity contribution in [1.29, 1.82) is 0 Å². The lowest BCUT2D eigenvalue weighted by atomic mass is 9.94. The van der Waals surface area contributed by atoms with Crippen LogP contribution in [0.15, 0.2) is 60.7 Å². The Bertz CT molecular complexity index is 846. The second kappa shape index (κ2) is 11.5. The van der Waals surface area contributed by atoms with E-state index in [0.29, 0.717) is 5.91 Å². The highest BCUT2D eigenvalue weighted by atomic mass is 16.2. The Balaban J connectivity index is 1.35. The lowest BCUT2D eigenvalue weighted by molar-refractivity contribution is -0.137. The second-order valence-corrected chi connectivity index (χ2v) is 9.49. The van der Waals surface area contributed by atoms with Gasteiger partial charge in [0, 0.05) is 19.0 Å². The number of amides is 2. The maximum absolute atomic E-state index is 13.3. The van der Waals surface area contributed by atoms with Crippen molar-refractivity contribution in [1.82, 2.24) is 15.1 Å². The molecule has 0 bridgehead atoms. The van der Waals surface area contributed by atoms with Gasteiger partial charge in [-0.05, 0) is 56.8 Å². The molecule has 2 saturated heterocycles. The molecule has 5 heteroatoms. The fourth-order valence-electron chi connectivity index (χ4n) is 5.16. The largest absolute Gasteiger partial charge is 0.344 e. The van der Waals surface area contributed by atoms with Gasteiger partial charge in [-0.15, -0.1) is 0 Å². The van der Waals surface area contributed by atoms with Gasteiger partial charge >= 0.3 is 0 Å². The standard InChI is InChI=1S/C28H37N3O2/c1-22(30-20-16-25(17-21-30)28(33)31-18-10-2-3-11-19-31)27(32)29-26(23-12-6-4-7-13-23)24-14-8-5-9-15-24/h4-9,12-15,22,25-26H,2-3,10-11,16-21H2,1H3,(H,29,32). The van der Waals surface area contributed by atoms with Crippen LogP contribution in [0.3, 0.4) is 0 Å². The smallest absolute Gasteiger partial charge is 0.237 e. The topological polar surface area (TPSA) is 52.7 Å². The third-order valence-electron chi connectivity index (χ3n) is 7.28. The van der Waals surface area contributed by atoms with E-state index >= 15 is 0 Å². The minimum atomic E-state index is -0.228. The summed E-state index contributed by atoms with van der Waals surface area (Å²) in [5, 5.41) is 3.28. The van der Waals surface area contributed by atoms with Gasteiger partial charge in [-0.2, -0.15) is 0 Å². The van der Waals surface area contributed by atoms with E-state index in [1.807, 2.05) is 43.3 Å². The number of carbonyl (C=O) groups is 2. The van der Waals surface area contributed by atoms with Crippen LogP contribution < -0.4 is 5.32 Å². The quantitative estimate of drug-likeness (QED) is 0.714. The predicted molar refractivity (Wildman–Crippen MR) is 132 cm³/mol. The SMILES string of the molecule is CC(C(=O)NC(c1ccccc1)c1ccccc1)N1CCC(C(=O)N2CCCCCC2)CC1. The first-order valence-corrected chi connectivity index (χ1v) is 12.6. The molecule has 0 radical (unpaired) electrons. The fraction of sp³-hybridized carbons (Fsp3) is 0.500. The predicted octanol–water partition coefficient (Wildman–Crippen LogP) is 4.40. The van der Waals surface area contributed by atoms with Gasteiger partial charge in [-0.1, -0.05) is 73.5 Å². The maximum atomic E-state index is 13.3. The molecule has 2 aliphatic heterocycles. The van der Waals surface area contributed by atoms with E-state index in [1.54, 1.807) is 0 Å². The Morgan fingerprint density at radius 3 is 1.82 bits per heavy atom. The molecule has 4 rings (SSSR count). The Kier molecular flexibility index (Phi) is 8.16. The highest BCUT2D eigenvalue weighted by Gasteiger charge is 2.32. The molecule has 2 aromatic carbocycles. The molecule has 2 fully saturated rings. The molecule has 0 saturated carbocycles. The van der Waals surface area contributed by atoms with Crippen LogP contribution in [0.25, 0.3) is 0 Å². The van der Waals surface area contributed by atoms with Crippen LogP contribution in [0, 0.1) is 5.92 Å². The highest BCUT2D eigenvalue weighted by Crippen LogP contribution is 2.25. The molecule has 33 heavy (non-hydrogen) atoms. The van der Waals surface area contributed by atoms with Crippen LogP contribution >= 0.6 is 0 Å². The van der Waals surface area contributed by atoms with Crippen molar-refractivity contribution in [3.8, 4) is 0 Å². The first kappa shape index (κ1) is 23.5. The van der Waals surface area contributed by atoms with E-state index in [-0.39, 0.29) is 23.9 Å². The van der Waals surface area contributed by atoms with Crippen molar-refractivity contribution in [2.75, 3.05) is 26.2 Å². The molecule has 1 N–H and O–H groups in total. The number of nitrogens with one attached hydrogen (secondary N) is 1. The minimum absolute atomic E-state index is 0.0324. The number of rotatable bonds is 6. The number of piperidine rings is 1. The molecule has 2 aliphatic rings. The number of hydrogen-bond acceptors (Lipinski definition) is 3. The number of likely N-dealkylation sites (tertiary alicyclic amines) is 2. The van der Waals surface area contributed by atoms with E-state index in [1.165, 1.54) is 12.8 Å². The molecule has 2 heterocycles. The maximum Gasteiger partial charge on any atom is 0.237 e. The fourth-order valence-corrected chi connectivity index (χ4v) is 5.16. The summed E-state index contributed by atoms with van der Waals surface area (Å²) in [4.78, 5) is 30.6. The first-order chi connectivity index (χ1) is 16.1. The van der Waals surface area contributed by atoms with Gasteiger partial charge in [0.05, 0.1) is 12.1 Å². The average molecular weight is 448 g/mol. The van der Waals surface area contributed by atoms with Crippen LogP contribution in [-0.4, -0.2) is 53.8 Å². The van der Waals surface area contributed by atoms with Crippen molar-refractivity contribution >= 4 is 11.8 Å². The zero-order chi connectivity index (χ0) is 23.0. The molecule has 5 nitrogen and oxygen atoms in total. The van der Waals surface area contributed by atoms with Crippen molar-refractivity contribution in [3.63, 3.8) is 0 Å². The van der Waals surface area contributed by atoms with E-state index < -0.39 is 0 Å². The normalized spacial score (nSPS) is 19.2. The Hall–Kier alpha value is -2.66. The minimum Gasteiger partial charge on any atom is -0.344 e. The van der Waals surface area contributed by atoms with E-state index in [0.717, 1.165) is 63.0 Å². The number of nitrogens with zero attached hydrogens (tertiary/aromatic N) is 2. The Labute approximate surface area is 198 Å². The van der Waals surface area contributed by atoms with E-state index in [2.05, 4.69) is 39.4 Å². The molecule has 1 atom stereocenters. The van der Waals surface area contributed by atoms with Gasteiger partial charge in [0.2, 0.25) is 11.8 Å². The zero-order valence-electron chi connectivity index (χ0n) is 19.8. The Morgan fingerprint density at radius 2 is 1.30 bits per heavy atom. The molecule has 1 unspecified atom stereocenters. The third-order valence-corrected chi connectivity index (χ3v) is 7.28. The average Bonchev–Trinajstić information content (AvgIpc) is 3.17. The van der Waals surface area contributed by atoms with Crippen molar-refractivity contribution in [2.45, 2.75) is 57.5 Å².